The Morgan fingerprint density at radius 2 is 2.10 bits per heavy atom. The second-order valence-corrected chi connectivity index (χ2v) is 4.99. The molecule has 0 saturated carbocycles. The van der Waals surface area contributed by atoms with Gasteiger partial charge in [-0.3, -0.25) is 4.98 Å². The minimum atomic E-state index is -0.530. The maximum absolute atomic E-state index is 9.50. The highest BCUT2D eigenvalue weighted by molar-refractivity contribution is 5.48. The van der Waals surface area contributed by atoms with Gasteiger partial charge in [0.05, 0.1) is 30.2 Å². The van der Waals surface area contributed by atoms with Gasteiger partial charge in [0.1, 0.15) is 12.4 Å². The van der Waals surface area contributed by atoms with Crippen LogP contribution in [0, 0.1) is 0 Å². The molecule has 1 aromatic carbocycles. The quantitative estimate of drug-likeness (QED) is 0.911. The van der Waals surface area contributed by atoms with Gasteiger partial charge >= 0.3 is 0 Å². The van der Waals surface area contributed by atoms with Crippen molar-refractivity contribution in [3.63, 3.8) is 0 Å². The lowest BCUT2D eigenvalue weighted by atomic mass is 10.2. The van der Waals surface area contributed by atoms with Gasteiger partial charge in [-0.05, 0) is 25.1 Å². The fourth-order valence-corrected chi connectivity index (χ4v) is 2.38. The molecule has 0 fully saturated rings. The fraction of sp³-hybridized carbons (Fsp3) is 0.312. The molecule has 1 aliphatic heterocycles. The third kappa shape index (κ3) is 2.60. The lowest BCUT2D eigenvalue weighted by Crippen LogP contribution is -2.25. The molecule has 2 heterocycles. The molecule has 0 radical (unpaired) electrons. The lowest BCUT2D eigenvalue weighted by molar-refractivity contribution is 0.194. The zero-order chi connectivity index (χ0) is 13.9. The van der Waals surface area contributed by atoms with Crippen LogP contribution in [0.3, 0.4) is 0 Å². The Balaban J connectivity index is 1.84. The van der Waals surface area contributed by atoms with Crippen LogP contribution in [0.4, 0.5) is 5.69 Å². The summed E-state index contributed by atoms with van der Waals surface area (Å²) in [5, 5.41) is 9.50. The van der Waals surface area contributed by atoms with Crippen molar-refractivity contribution in [1.82, 2.24) is 4.98 Å². The number of benzene rings is 1. The number of hydrogen-bond donors (Lipinski definition) is 1. The number of nitrogens with zero attached hydrogens (tertiary/aromatic N) is 2. The van der Waals surface area contributed by atoms with Crippen LogP contribution in [-0.4, -0.2) is 23.2 Å². The van der Waals surface area contributed by atoms with Crippen molar-refractivity contribution < 1.29 is 9.84 Å². The molecule has 1 N–H and O–H groups in total. The maximum atomic E-state index is 9.50. The minimum absolute atomic E-state index is 0.530. The summed E-state index contributed by atoms with van der Waals surface area (Å²) >= 11 is 0. The van der Waals surface area contributed by atoms with E-state index < -0.39 is 6.10 Å². The van der Waals surface area contributed by atoms with Crippen LogP contribution in [0.15, 0.2) is 42.6 Å². The standard InChI is InChI=1S/C16H18N2O2/c1-12(19)15-7-6-14(10-17-15)18-8-9-20-16-5-3-2-4-13(16)11-18/h2-7,10,12,19H,8-9,11H2,1H3/t12-/m0/s1. The van der Waals surface area contributed by atoms with Crippen molar-refractivity contribution in [2.24, 2.45) is 0 Å². The molecule has 104 valence electrons. The van der Waals surface area contributed by atoms with E-state index >= 15 is 0 Å². The Hall–Kier alpha value is -2.07. The number of para-hydroxylation sites is 1. The number of rotatable bonds is 2. The lowest BCUT2D eigenvalue weighted by Gasteiger charge is -2.22. The van der Waals surface area contributed by atoms with Crippen molar-refractivity contribution in [1.29, 1.82) is 0 Å². The third-order valence-electron chi connectivity index (χ3n) is 3.52. The number of aromatic nitrogens is 1. The van der Waals surface area contributed by atoms with E-state index in [1.54, 1.807) is 6.92 Å². The van der Waals surface area contributed by atoms with E-state index in [2.05, 4.69) is 16.0 Å². The van der Waals surface area contributed by atoms with Crippen molar-refractivity contribution in [3.05, 3.63) is 53.9 Å². The molecule has 0 amide bonds. The Labute approximate surface area is 118 Å². The number of aliphatic hydroxyl groups excluding tert-OH is 1. The first-order valence-electron chi connectivity index (χ1n) is 6.84. The Morgan fingerprint density at radius 3 is 2.85 bits per heavy atom. The Bertz CT molecular complexity index is 581. The number of fused-ring (bicyclic) bond motifs is 1. The second-order valence-electron chi connectivity index (χ2n) is 4.99. The first kappa shape index (κ1) is 12.9. The second kappa shape index (κ2) is 5.51. The zero-order valence-corrected chi connectivity index (χ0v) is 11.5. The average molecular weight is 270 g/mol. The van der Waals surface area contributed by atoms with Crippen molar-refractivity contribution in [2.75, 3.05) is 18.1 Å². The molecule has 0 aliphatic carbocycles. The Kier molecular flexibility index (Phi) is 3.56. The van der Waals surface area contributed by atoms with Crippen molar-refractivity contribution in [3.8, 4) is 5.75 Å². The van der Waals surface area contributed by atoms with Crippen LogP contribution in [0.25, 0.3) is 0 Å². The fourth-order valence-electron chi connectivity index (χ4n) is 2.38. The van der Waals surface area contributed by atoms with E-state index in [-0.39, 0.29) is 0 Å². The summed E-state index contributed by atoms with van der Waals surface area (Å²) in [6.45, 7) is 4.02. The van der Waals surface area contributed by atoms with Gasteiger partial charge in [-0.25, -0.2) is 0 Å². The van der Waals surface area contributed by atoms with Crippen LogP contribution in [-0.2, 0) is 6.54 Å². The largest absolute Gasteiger partial charge is 0.491 e. The normalized spacial score (nSPS) is 16.0. The number of aliphatic hydroxyl groups is 1. The van der Waals surface area contributed by atoms with Crippen LogP contribution in [0.1, 0.15) is 24.3 Å². The molecule has 1 aliphatic rings. The molecule has 4 nitrogen and oxygen atoms in total. The molecule has 0 unspecified atom stereocenters. The van der Waals surface area contributed by atoms with Gasteiger partial charge in [0, 0.05) is 12.1 Å². The van der Waals surface area contributed by atoms with E-state index in [1.165, 1.54) is 5.56 Å². The van der Waals surface area contributed by atoms with Crippen LogP contribution < -0.4 is 9.64 Å². The van der Waals surface area contributed by atoms with Gasteiger partial charge < -0.3 is 14.7 Å². The summed E-state index contributed by atoms with van der Waals surface area (Å²) in [5.41, 5.74) is 2.93. The topological polar surface area (TPSA) is 45.6 Å². The smallest absolute Gasteiger partial charge is 0.124 e. The van der Waals surface area contributed by atoms with Crippen LogP contribution in [0.2, 0.25) is 0 Å². The average Bonchev–Trinajstić information content (AvgIpc) is 2.69. The molecule has 0 bridgehead atoms. The molecule has 0 saturated heterocycles. The first-order valence-corrected chi connectivity index (χ1v) is 6.84. The Morgan fingerprint density at radius 1 is 1.25 bits per heavy atom. The molecule has 0 spiro atoms. The predicted molar refractivity (Wildman–Crippen MR) is 77.9 cm³/mol. The van der Waals surface area contributed by atoms with Gasteiger partial charge in [-0.2, -0.15) is 0 Å². The summed E-state index contributed by atoms with van der Waals surface area (Å²) in [4.78, 5) is 6.55. The van der Waals surface area contributed by atoms with Crippen molar-refractivity contribution in [2.45, 2.75) is 19.6 Å². The summed E-state index contributed by atoms with van der Waals surface area (Å²) in [6.07, 6.45) is 1.29. The molecule has 1 aromatic heterocycles. The van der Waals surface area contributed by atoms with Crippen LogP contribution >= 0.6 is 0 Å². The first-order chi connectivity index (χ1) is 9.74. The predicted octanol–water partition coefficient (Wildman–Crippen LogP) is 2.53. The molecule has 4 heteroatoms. The molecule has 3 rings (SSSR count). The number of ether oxygens (including phenoxy) is 1. The number of pyridine rings is 1. The number of anilines is 1. The van der Waals surface area contributed by atoms with Gasteiger partial charge in [0.15, 0.2) is 0 Å². The summed E-state index contributed by atoms with van der Waals surface area (Å²) < 4.78 is 5.76. The van der Waals surface area contributed by atoms with Gasteiger partial charge in [0.2, 0.25) is 0 Å². The third-order valence-corrected chi connectivity index (χ3v) is 3.52. The van der Waals surface area contributed by atoms with E-state index in [9.17, 15) is 5.11 Å². The van der Waals surface area contributed by atoms with E-state index in [1.807, 2.05) is 36.5 Å². The van der Waals surface area contributed by atoms with Crippen molar-refractivity contribution >= 4 is 5.69 Å². The summed E-state index contributed by atoms with van der Waals surface area (Å²) in [6, 6.07) is 12.0. The number of hydrogen-bond acceptors (Lipinski definition) is 4. The molecule has 2 aromatic rings. The highest BCUT2D eigenvalue weighted by atomic mass is 16.5. The van der Waals surface area contributed by atoms with Gasteiger partial charge in [0.25, 0.3) is 0 Å². The summed E-state index contributed by atoms with van der Waals surface area (Å²) in [5.74, 6) is 0.962. The highest BCUT2D eigenvalue weighted by Gasteiger charge is 2.15. The van der Waals surface area contributed by atoms with E-state index in [0.29, 0.717) is 12.3 Å². The minimum Gasteiger partial charge on any atom is -0.491 e. The van der Waals surface area contributed by atoms with E-state index in [4.69, 9.17) is 4.74 Å². The monoisotopic (exact) mass is 270 g/mol. The summed E-state index contributed by atoms with van der Waals surface area (Å²) in [7, 11) is 0. The molecular weight excluding hydrogens is 252 g/mol. The zero-order valence-electron chi connectivity index (χ0n) is 11.5. The van der Waals surface area contributed by atoms with Gasteiger partial charge in [-0.15, -0.1) is 0 Å². The van der Waals surface area contributed by atoms with Gasteiger partial charge in [-0.1, -0.05) is 18.2 Å². The van der Waals surface area contributed by atoms with Crippen LogP contribution in [0.5, 0.6) is 5.75 Å². The highest BCUT2D eigenvalue weighted by Crippen LogP contribution is 2.26. The molecular formula is C16H18N2O2. The molecule has 20 heavy (non-hydrogen) atoms. The maximum Gasteiger partial charge on any atom is 0.124 e. The SMILES string of the molecule is C[C@H](O)c1ccc(N2CCOc3ccccc3C2)cn1. The van der Waals surface area contributed by atoms with E-state index in [0.717, 1.165) is 24.5 Å². The molecule has 1 atom stereocenters.